The molecule has 0 amide bonds. The molecule has 29 heavy (non-hydrogen) atoms. The normalized spacial score (nSPS) is 11.1. The van der Waals surface area contributed by atoms with Crippen molar-refractivity contribution in [3.63, 3.8) is 0 Å². The van der Waals surface area contributed by atoms with Gasteiger partial charge >= 0.3 is 0 Å². The zero-order valence-electron chi connectivity index (χ0n) is 16.2. The van der Waals surface area contributed by atoms with Gasteiger partial charge < -0.3 is 9.47 Å². The number of rotatable bonds is 10. The maximum absolute atomic E-state index is 5.92. The number of hydrogen-bond acceptors (Lipinski definition) is 7. The van der Waals surface area contributed by atoms with Gasteiger partial charge in [0.1, 0.15) is 6.61 Å². The highest BCUT2D eigenvalue weighted by molar-refractivity contribution is 7.98. The zero-order valence-corrected chi connectivity index (χ0v) is 17.8. The smallest absolute Gasteiger partial charge is 0.234 e. The lowest BCUT2D eigenvalue weighted by atomic mass is 10.2. The summed E-state index contributed by atoms with van der Waals surface area (Å²) in [6, 6.07) is 18.2. The van der Waals surface area contributed by atoms with Gasteiger partial charge in [-0.15, -0.1) is 10.2 Å². The summed E-state index contributed by atoms with van der Waals surface area (Å²) in [5.41, 5.74) is 1.35. The van der Waals surface area contributed by atoms with Gasteiger partial charge in [-0.25, -0.2) is 0 Å². The number of nitrogens with zero attached hydrogens (tertiary/aromatic N) is 4. The van der Waals surface area contributed by atoms with Gasteiger partial charge in [-0.2, -0.15) is 21.4 Å². The molecule has 0 radical (unpaired) electrons. The van der Waals surface area contributed by atoms with Gasteiger partial charge in [0.25, 0.3) is 0 Å². The third-order valence-corrected chi connectivity index (χ3v) is 6.03. The lowest BCUT2D eigenvalue weighted by Crippen LogP contribution is -2.01. The van der Waals surface area contributed by atoms with E-state index in [2.05, 4.69) is 39.6 Å². The van der Waals surface area contributed by atoms with E-state index >= 15 is 0 Å². The molecule has 6 nitrogen and oxygen atoms in total. The number of fused-ring (bicyclic) bond motifs is 1. The summed E-state index contributed by atoms with van der Waals surface area (Å²) in [4.78, 5) is 0.792. The molecule has 0 N–H and O–H groups in total. The van der Waals surface area contributed by atoms with E-state index in [0.717, 1.165) is 45.2 Å². The van der Waals surface area contributed by atoms with Crippen LogP contribution < -0.4 is 9.47 Å². The Morgan fingerprint density at radius 3 is 2.52 bits per heavy atom. The summed E-state index contributed by atoms with van der Waals surface area (Å²) in [5.74, 6) is 4.15. The predicted octanol–water partition coefficient (Wildman–Crippen LogP) is 4.64. The largest absolute Gasteiger partial charge is 0.490 e. The Balaban J connectivity index is 1.34. The molecule has 0 atom stereocenters. The first-order valence-corrected chi connectivity index (χ1v) is 11.5. The van der Waals surface area contributed by atoms with Crippen LogP contribution in [0.1, 0.15) is 23.3 Å². The number of thioether (sulfide) groups is 1. The van der Waals surface area contributed by atoms with Gasteiger partial charge in [-0.05, 0) is 36.8 Å². The van der Waals surface area contributed by atoms with Gasteiger partial charge in [0.05, 0.1) is 12.4 Å². The molecule has 0 spiro atoms. The molecule has 4 aromatic rings. The van der Waals surface area contributed by atoms with Gasteiger partial charge in [0.2, 0.25) is 4.96 Å². The van der Waals surface area contributed by atoms with Crippen LogP contribution in [-0.4, -0.2) is 32.2 Å². The monoisotopic (exact) mass is 426 g/mol. The molecule has 150 valence electrons. The Morgan fingerprint density at radius 2 is 1.72 bits per heavy atom. The summed E-state index contributed by atoms with van der Waals surface area (Å²) in [6.07, 6.45) is 1.04. The minimum Gasteiger partial charge on any atom is -0.490 e. The molecule has 0 saturated heterocycles. The molecule has 8 heteroatoms. The molecule has 0 unspecified atom stereocenters. The second-order valence-corrected chi connectivity index (χ2v) is 8.41. The van der Waals surface area contributed by atoms with E-state index in [4.69, 9.17) is 9.47 Å². The van der Waals surface area contributed by atoms with Crippen molar-refractivity contribution in [2.75, 3.05) is 12.4 Å². The zero-order chi connectivity index (χ0) is 19.9. The van der Waals surface area contributed by atoms with Crippen molar-refractivity contribution in [1.29, 1.82) is 0 Å². The number of hydrogen-bond donors (Lipinski definition) is 0. The Labute approximate surface area is 177 Å². The molecule has 4 rings (SSSR count). The molecule has 0 aliphatic heterocycles. The van der Waals surface area contributed by atoms with E-state index in [9.17, 15) is 0 Å². The summed E-state index contributed by atoms with van der Waals surface area (Å²) < 4.78 is 13.3. The second-order valence-electron chi connectivity index (χ2n) is 6.26. The minimum atomic E-state index is 0.374. The lowest BCUT2D eigenvalue weighted by molar-refractivity contribution is 0.268. The first-order chi connectivity index (χ1) is 14.3. The number of ether oxygens (including phenoxy) is 2. The standard InChI is InChI=1S/C21H22N4O2S2/c1-2-26-17-10-6-7-11-18(17)27-14-20-24-25-19(22-23-21(25)29-20)15-28-13-12-16-8-4-3-5-9-16/h3-11H,2,12-15H2,1H3. The van der Waals surface area contributed by atoms with Crippen LogP contribution in [-0.2, 0) is 18.8 Å². The SMILES string of the molecule is CCOc1ccccc1OCc1nn2c(CSCCc3ccccc3)nnc2s1. The maximum Gasteiger partial charge on any atom is 0.234 e. The number of aryl methyl sites for hydroxylation is 1. The average molecular weight is 427 g/mol. The third-order valence-electron chi connectivity index (χ3n) is 4.21. The van der Waals surface area contributed by atoms with E-state index in [1.807, 2.05) is 53.5 Å². The topological polar surface area (TPSA) is 61.5 Å². The van der Waals surface area contributed by atoms with E-state index in [1.54, 1.807) is 0 Å². The van der Waals surface area contributed by atoms with Crippen LogP contribution in [0.15, 0.2) is 54.6 Å². The first kappa shape index (κ1) is 19.7. The molecule has 0 aliphatic rings. The molecule has 0 bridgehead atoms. The van der Waals surface area contributed by atoms with Crippen molar-refractivity contribution in [3.05, 3.63) is 71.0 Å². The second kappa shape index (κ2) is 9.76. The summed E-state index contributed by atoms with van der Waals surface area (Å²) in [6.45, 7) is 2.93. The van der Waals surface area contributed by atoms with Crippen molar-refractivity contribution in [2.45, 2.75) is 25.7 Å². The van der Waals surface area contributed by atoms with Crippen molar-refractivity contribution < 1.29 is 9.47 Å². The Hall–Kier alpha value is -2.58. The van der Waals surface area contributed by atoms with Crippen molar-refractivity contribution in [3.8, 4) is 11.5 Å². The minimum absolute atomic E-state index is 0.374. The van der Waals surface area contributed by atoms with Gasteiger partial charge in [0, 0.05) is 0 Å². The van der Waals surface area contributed by atoms with Crippen LogP contribution in [0.5, 0.6) is 11.5 Å². The fourth-order valence-corrected chi connectivity index (χ4v) is 4.48. The first-order valence-electron chi connectivity index (χ1n) is 9.50. The lowest BCUT2D eigenvalue weighted by Gasteiger charge is -2.10. The molecular formula is C21H22N4O2S2. The van der Waals surface area contributed by atoms with Crippen LogP contribution >= 0.6 is 23.1 Å². The van der Waals surface area contributed by atoms with Crippen LogP contribution in [0.2, 0.25) is 0 Å². The fourth-order valence-electron chi connectivity index (χ4n) is 2.83. The van der Waals surface area contributed by atoms with Gasteiger partial charge in [-0.1, -0.05) is 53.8 Å². The number of aromatic nitrogens is 4. The van der Waals surface area contributed by atoms with Crippen molar-refractivity contribution in [1.82, 2.24) is 19.8 Å². The van der Waals surface area contributed by atoms with E-state index < -0.39 is 0 Å². The Bertz CT molecular complexity index is 1050. The predicted molar refractivity (Wildman–Crippen MR) is 117 cm³/mol. The Kier molecular flexibility index (Phi) is 6.63. The van der Waals surface area contributed by atoms with Gasteiger partial charge in [-0.3, -0.25) is 0 Å². The van der Waals surface area contributed by atoms with E-state index in [0.29, 0.717) is 13.2 Å². The molecule has 2 heterocycles. The van der Waals surface area contributed by atoms with E-state index in [-0.39, 0.29) is 0 Å². The summed E-state index contributed by atoms with van der Waals surface area (Å²) in [7, 11) is 0. The summed E-state index contributed by atoms with van der Waals surface area (Å²) >= 11 is 3.34. The molecule has 0 saturated carbocycles. The van der Waals surface area contributed by atoms with Gasteiger partial charge in [0.15, 0.2) is 22.3 Å². The number of benzene rings is 2. The maximum atomic E-state index is 5.92. The van der Waals surface area contributed by atoms with Crippen LogP contribution in [0.25, 0.3) is 4.96 Å². The summed E-state index contributed by atoms with van der Waals surface area (Å²) in [5, 5.41) is 14.0. The van der Waals surface area contributed by atoms with Crippen molar-refractivity contribution >= 4 is 28.1 Å². The highest BCUT2D eigenvalue weighted by Gasteiger charge is 2.13. The van der Waals surface area contributed by atoms with E-state index in [1.165, 1.54) is 16.9 Å². The quantitative estimate of drug-likeness (QED) is 0.344. The van der Waals surface area contributed by atoms with Crippen LogP contribution in [0, 0.1) is 0 Å². The molecule has 2 aromatic carbocycles. The van der Waals surface area contributed by atoms with Crippen LogP contribution in [0.4, 0.5) is 0 Å². The molecule has 0 fully saturated rings. The fraction of sp³-hybridized carbons (Fsp3) is 0.286. The average Bonchev–Trinajstić information content (AvgIpc) is 3.32. The molecule has 0 aliphatic carbocycles. The highest BCUT2D eigenvalue weighted by Crippen LogP contribution is 2.28. The van der Waals surface area contributed by atoms with Crippen LogP contribution in [0.3, 0.4) is 0 Å². The molecular weight excluding hydrogens is 404 g/mol. The number of para-hydroxylation sites is 2. The molecule has 2 aromatic heterocycles. The van der Waals surface area contributed by atoms with Crippen molar-refractivity contribution in [2.24, 2.45) is 0 Å². The highest BCUT2D eigenvalue weighted by atomic mass is 32.2. The Morgan fingerprint density at radius 1 is 0.966 bits per heavy atom. The third kappa shape index (κ3) is 5.07.